The quantitative estimate of drug-likeness (QED) is 0.515. The van der Waals surface area contributed by atoms with Crippen molar-refractivity contribution in [1.82, 2.24) is 14.7 Å². The van der Waals surface area contributed by atoms with Gasteiger partial charge < -0.3 is 10.2 Å². The van der Waals surface area contributed by atoms with Crippen molar-refractivity contribution >= 4 is 46.9 Å². The van der Waals surface area contributed by atoms with E-state index in [1.165, 1.54) is 7.05 Å². The molecule has 0 saturated carbocycles. The number of amides is 6. The van der Waals surface area contributed by atoms with E-state index in [2.05, 4.69) is 5.32 Å². The van der Waals surface area contributed by atoms with Crippen LogP contribution in [-0.2, 0) is 19.2 Å². The molecular weight excluding hydrogens is 388 g/mol. The van der Waals surface area contributed by atoms with Crippen molar-refractivity contribution in [2.75, 3.05) is 32.0 Å². The van der Waals surface area contributed by atoms with E-state index < -0.39 is 36.2 Å². The summed E-state index contributed by atoms with van der Waals surface area (Å²) in [6, 6.07) is 5.81. The van der Waals surface area contributed by atoms with Crippen molar-refractivity contribution in [2.24, 2.45) is 0 Å². The molecule has 1 aliphatic heterocycles. The number of benzene rings is 1. The number of unbranched alkanes of at least 4 members (excludes halogenated alkanes) is 1. The summed E-state index contributed by atoms with van der Waals surface area (Å²) in [4.78, 5) is 63.1. The number of nitrogens with one attached hydrogen (secondary N) is 1. The number of nitrogens with zero attached hydrogens (tertiary/aromatic N) is 3. The third kappa shape index (κ3) is 4.86. The molecule has 2 rings (SSSR count). The fraction of sp³-hybridized carbons (Fsp3) is 0.389. The van der Waals surface area contributed by atoms with Crippen LogP contribution in [0.4, 0.5) is 10.5 Å². The number of imide groups is 2. The first kappa shape index (κ1) is 21.4. The van der Waals surface area contributed by atoms with Gasteiger partial charge in [-0.25, -0.2) is 9.69 Å². The number of anilines is 1. The molecule has 1 aromatic rings. The second kappa shape index (κ2) is 9.32. The van der Waals surface area contributed by atoms with Crippen molar-refractivity contribution < 1.29 is 24.0 Å². The highest BCUT2D eigenvalue weighted by molar-refractivity contribution is 6.45. The van der Waals surface area contributed by atoms with Crippen LogP contribution >= 0.6 is 11.6 Å². The summed E-state index contributed by atoms with van der Waals surface area (Å²) in [5.74, 6) is -3.13. The van der Waals surface area contributed by atoms with E-state index in [1.807, 2.05) is 6.92 Å². The van der Waals surface area contributed by atoms with Gasteiger partial charge in [-0.2, -0.15) is 0 Å². The van der Waals surface area contributed by atoms with Crippen LogP contribution in [0.15, 0.2) is 24.3 Å². The van der Waals surface area contributed by atoms with Crippen molar-refractivity contribution in [1.29, 1.82) is 0 Å². The fourth-order valence-corrected chi connectivity index (χ4v) is 2.70. The Bertz CT molecular complexity index is 813. The number of rotatable bonds is 8. The van der Waals surface area contributed by atoms with Gasteiger partial charge in [0.1, 0.15) is 6.54 Å². The standard InChI is InChI=1S/C18H21ClN4O5/c1-3-4-9-22-16(26)17(27)23(18(22)28)11-15(25)21(2)10-14(24)20-13-8-6-5-7-12(13)19/h5-8H,3-4,9-11H2,1-2H3,(H,20,24). The summed E-state index contributed by atoms with van der Waals surface area (Å²) in [7, 11) is 1.36. The molecule has 150 valence electrons. The Morgan fingerprint density at radius 2 is 1.75 bits per heavy atom. The Hall–Kier alpha value is -2.94. The monoisotopic (exact) mass is 408 g/mol. The average molecular weight is 409 g/mol. The van der Waals surface area contributed by atoms with Crippen LogP contribution in [0.5, 0.6) is 0 Å². The Labute approximate surface area is 167 Å². The summed E-state index contributed by atoms with van der Waals surface area (Å²) in [5.41, 5.74) is 0.400. The van der Waals surface area contributed by atoms with Crippen LogP contribution in [-0.4, -0.2) is 71.0 Å². The number of halogens is 1. The first-order chi connectivity index (χ1) is 13.3. The number of hydrogen-bond acceptors (Lipinski definition) is 5. The van der Waals surface area contributed by atoms with Gasteiger partial charge in [-0.1, -0.05) is 37.1 Å². The van der Waals surface area contributed by atoms with Gasteiger partial charge in [0.25, 0.3) is 0 Å². The van der Waals surface area contributed by atoms with Gasteiger partial charge in [0.2, 0.25) is 11.8 Å². The molecule has 1 aromatic carbocycles. The van der Waals surface area contributed by atoms with Crippen LogP contribution in [0.3, 0.4) is 0 Å². The van der Waals surface area contributed by atoms with E-state index in [-0.39, 0.29) is 13.1 Å². The summed E-state index contributed by atoms with van der Waals surface area (Å²) in [6.07, 6.45) is 1.31. The molecule has 1 saturated heterocycles. The number of carbonyl (C=O) groups excluding carboxylic acids is 5. The normalized spacial score (nSPS) is 13.9. The maximum Gasteiger partial charge on any atom is 0.334 e. The van der Waals surface area contributed by atoms with E-state index in [4.69, 9.17) is 11.6 Å². The molecule has 0 unspecified atom stereocenters. The maximum absolute atomic E-state index is 12.3. The van der Waals surface area contributed by atoms with E-state index >= 15 is 0 Å². The minimum atomic E-state index is -1.04. The summed E-state index contributed by atoms with van der Waals surface area (Å²) in [5, 5.41) is 2.92. The van der Waals surface area contributed by atoms with Crippen molar-refractivity contribution in [3.8, 4) is 0 Å². The summed E-state index contributed by atoms with van der Waals surface area (Å²) >= 11 is 5.96. The van der Waals surface area contributed by atoms with Crippen molar-refractivity contribution in [2.45, 2.75) is 19.8 Å². The largest absolute Gasteiger partial charge is 0.335 e. The first-order valence-electron chi connectivity index (χ1n) is 8.72. The molecule has 10 heteroatoms. The number of hydrogen-bond donors (Lipinski definition) is 1. The minimum absolute atomic E-state index is 0.126. The maximum atomic E-state index is 12.3. The molecule has 1 fully saturated rings. The predicted molar refractivity (Wildman–Crippen MR) is 101 cm³/mol. The van der Waals surface area contributed by atoms with Gasteiger partial charge in [-0.05, 0) is 18.6 Å². The second-order valence-electron chi connectivity index (χ2n) is 6.26. The Kier molecular flexibility index (Phi) is 7.11. The van der Waals surface area contributed by atoms with Gasteiger partial charge in [0.05, 0.1) is 17.3 Å². The van der Waals surface area contributed by atoms with Gasteiger partial charge >= 0.3 is 17.8 Å². The van der Waals surface area contributed by atoms with Crippen LogP contribution in [0.1, 0.15) is 19.8 Å². The highest BCUT2D eigenvalue weighted by Crippen LogP contribution is 2.20. The average Bonchev–Trinajstić information content (AvgIpc) is 2.85. The molecule has 0 spiro atoms. The Morgan fingerprint density at radius 3 is 2.39 bits per heavy atom. The molecule has 6 amide bonds. The van der Waals surface area contributed by atoms with Gasteiger partial charge in [0.15, 0.2) is 0 Å². The third-order valence-electron chi connectivity index (χ3n) is 4.12. The zero-order chi connectivity index (χ0) is 20.8. The first-order valence-corrected chi connectivity index (χ1v) is 9.09. The zero-order valence-corrected chi connectivity index (χ0v) is 16.4. The lowest BCUT2D eigenvalue weighted by molar-refractivity contribution is -0.145. The summed E-state index contributed by atoms with van der Waals surface area (Å²) in [6.45, 7) is 1.09. The van der Waals surface area contributed by atoms with E-state index in [1.54, 1.807) is 24.3 Å². The van der Waals surface area contributed by atoms with Crippen molar-refractivity contribution in [3.05, 3.63) is 29.3 Å². The zero-order valence-electron chi connectivity index (χ0n) is 15.6. The van der Waals surface area contributed by atoms with E-state index in [0.717, 1.165) is 16.2 Å². The molecule has 0 aliphatic carbocycles. The Balaban J connectivity index is 1.93. The molecule has 28 heavy (non-hydrogen) atoms. The van der Waals surface area contributed by atoms with E-state index in [9.17, 15) is 24.0 Å². The summed E-state index contributed by atoms with van der Waals surface area (Å²) < 4.78 is 0. The molecule has 0 atom stereocenters. The Morgan fingerprint density at radius 1 is 1.11 bits per heavy atom. The lowest BCUT2D eigenvalue weighted by Gasteiger charge is -2.20. The van der Waals surface area contributed by atoms with Crippen LogP contribution in [0, 0.1) is 0 Å². The molecule has 1 heterocycles. The number of para-hydroxylation sites is 1. The SMILES string of the molecule is CCCCN1C(=O)C(=O)N(CC(=O)N(C)CC(=O)Nc2ccccc2Cl)C1=O. The van der Waals surface area contributed by atoms with Gasteiger partial charge in [-0.3, -0.25) is 24.1 Å². The second-order valence-corrected chi connectivity index (χ2v) is 6.67. The number of carbonyl (C=O) groups is 5. The molecule has 1 N–H and O–H groups in total. The molecule has 0 bridgehead atoms. The van der Waals surface area contributed by atoms with Crippen LogP contribution < -0.4 is 5.32 Å². The smallest absolute Gasteiger partial charge is 0.334 e. The lowest BCUT2D eigenvalue weighted by atomic mass is 10.3. The van der Waals surface area contributed by atoms with Gasteiger partial charge in [0, 0.05) is 13.6 Å². The minimum Gasteiger partial charge on any atom is -0.335 e. The highest BCUT2D eigenvalue weighted by Gasteiger charge is 2.45. The highest BCUT2D eigenvalue weighted by atomic mass is 35.5. The van der Waals surface area contributed by atoms with Crippen LogP contribution in [0.25, 0.3) is 0 Å². The predicted octanol–water partition coefficient (Wildman–Crippen LogP) is 1.33. The third-order valence-corrected chi connectivity index (χ3v) is 4.45. The van der Waals surface area contributed by atoms with Gasteiger partial charge in [-0.15, -0.1) is 0 Å². The lowest BCUT2D eigenvalue weighted by Crippen LogP contribution is -2.44. The van der Waals surface area contributed by atoms with Crippen molar-refractivity contribution in [3.63, 3.8) is 0 Å². The van der Waals surface area contributed by atoms with Crippen LogP contribution in [0.2, 0.25) is 5.02 Å². The van der Waals surface area contributed by atoms with E-state index in [0.29, 0.717) is 22.0 Å². The fourth-order valence-electron chi connectivity index (χ4n) is 2.52. The molecule has 0 aromatic heterocycles. The molecule has 1 aliphatic rings. The molecular formula is C18H21ClN4O5. The number of likely N-dealkylation sites (N-methyl/N-ethyl adjacent to an activating group) is 1. The topological polar surface area (TPSA) is 107 Å². The number of urea groups is 1. The molecule has 9 nitrogen and oxygen atoms in total. The molecule has 0 radical (unpaired) electrons.